The maximum atomic E-state index is 9.09. The highest BCUT2D eigenvalue weighted by Gasteiger charge is 1.98. The second-order valence-electron chi connectivity index (χ2n) is 2.64. The molecule has 0 heterocycles. The van der Waals surface area contributed by atoms with Crippen LogP contribution in [0.15, 0.2) is 0 Å². The molecule has 0 aromatic carbocycles. The van der Waals surface area contributed by atoms with Gasteiger partial charge >= 0.3 is 0 Å². The summed E-state index contributed by atoms with van der Waals surface area (Å²) in [5, 5.41) is 17.5. The molecule has 0 bridgehead atoms. The van der Waals surface area contributed by atoms with E-state index >= 15 is 0 Å². The van der Waals surface area contributed by atoms with Crippen molar-refractivity contribution in [3.63, 3.8) is 0 Å². The van der Waals surface area contributed by atoms with Crippen LogP contribution in [0.2, 0.25) is 0 Å². The fourth-order valence-corrected chi connectivity index (χ4v) is 0.873. The van der Waals surface area contributed by atoms with Gasteiger partial charge in [-0.25, -0.2) is 0 Å². The van der Waals surface area contributed by atoms with Crippen LogP contribution in [0, 0.1) is 0 Å². The lowest BCUT2D eigenvalue weighted by molar-refractivity contribution is 0.155. The van der Waals surface area contributed by atoms with Crippen LogP contribution in [0.25, 0.3) is 0 Å². The van der Waals surface area contributed by atoms with E-state index in [1.165, 1.54) is 0 Å². The summed E-state index contributed by atoms with van der Waals surface area (Å²) in [6.45, 7) is 2.26. The van der Waals surface area contributed by atoms with Gasteiger partial charge in [-0.2, -0.15) is 0 Å². The molecule has 1 atom stereocenters. The summed E-state index contributed by atoms with van der Waals surface area (Å²) < 4.78 is 0. The monoisotopic (exact) mass is 150 g/mol. The Balaban J connectivity index is -0.000000405. The highest BCUT2D eigenvalue weighted by atomic mass is 16.3. The van der Waals surface area contributed by atoms with Crippen LogP contribution in [0.4, 0.5) is 0 Å². The summed E-state index contributed by atoms with van der Waals surface area (Å²) >= 11 is 0. The van der Waals surface area contributed by atoms with Gasteiger partial charge in [0.15, 0.2) is 0 Å². The maximum Gasteiger partial charge on any atom is 0.0537 e. The first-order chi connectivity index (χ1) is 4.81. The van der Waals surface area contributed by atoms with E-state index in [9.17, 15) is 0 Å². The quantitative estimate of drug-likeness (QED) is 0.567. The zero-order chi connectivity index (χ0) is 7.82. The molecule has 0 radical (unpaired) electrons. The summed E-state index contributed by atoms with van der Waals surface area (Å²) in [5.74, 6) is 0. The van der Waals surface area contributed by atoms with Gasteiger partial charge in [-0.3, -0.25) is 0 Å². The average molecular weight is 150 g/mol. The minimum Gasteiger partial charge on any atom is -0.396 e. The molecule has 0 rings (SSSR count). The van der Waals surface area contributed by atoms with E-state index in [1.807, 2.05) is 6.92 Å². The summed E-state index contributed by atoms with van der Waals surface area (Å²) in [6.07, 6.45) is 4.55. The van der Waals surface area contributed by atoms with E-state index in [2.05, 4.69) is 0 Å². The number of hydrogen-bond donors (Lipinski definition) is 2. The highest BCUT2D eigenvalue weighted by molar-refractivity contribution is 4.52. The van der Waals surface area contributed by atoms with Crippen molar-refractivity contribution in [2.75, 3.05) is 6.61 Å². The first-order valence-corrected chi connectivity index (χ1v) is 4.10. The van der Waals surface area contributed by atoms with Gasteiger partial charge in [-0.05, 0) is 19.3 Å². The molecule has 2 nitrogen and oxygen atoms in total. The lowest BCUT2D eigenvalue weighted by Crippen LogP contribution is -2.03. The molecule has 2 N–H and O–H groups in total. The number of rotatable bonds is 6. The molecule has 10 heavy (non-hydrogen) atoms. The zero-order valence-electron chi connectivity index (χ0n) is 6.71. The third kappa shape index (κ3) is 6.05. The predicted molar refractivity (Wildman–Crippen MR) is 46.1 cm³/mol. The van der Waals surface area contributed by atoms with Gasteiger partial charge in [-0.15, -0.1) is 0 Å². The Kier molecular flexibility index (Phi) is 6.98. The predicted octanol–water partition coefficient (Wildman–Crippen LogP) is 1.80. The number of aliphatic hydroxyl groups is 2. The van der Waals surface area contributed by atoms with Crippen LogP contribution in [0.5, 0.6) is 0 Å². The molecule has 66 valence electrons. The Morgan fingerprint density at radius 2 is 2.00 bits per heavy atom. The molecule has 0 aliphatic carbocycles. The van der Waals surface area contributed by atoms with Gasteiger partial charge in [0.2, 0.25) is 0 Å². The molecule has 0 amide bonds. The van der Waals surface area contributed by atoms with E-state index in [1.54, 1.807) is 0 Å². The van der Waals surface area contributed by atoms with Crippen LogP contribution in [-0.2, 0) is 0 Å². The van der Waals surface area contributed by atoms with Crippen molar-refractivity contribution in [1.29, 1.82) is 0 Å². The summed E-state index contributed by atoms with van der Waals surface area (Å²) in [6, 6.07) is 0. The van der Waals surface area contributed by atoms with Crippen molar-refractivity contribution >= 4 is 0 Å². The van der Waals surface area contributed by atoms with E-state index < -0.39 is 0 Å². The zero-order valence-corrected chi connectivity index (χ0v) is 6.71. The van der Waals surface area contributed by atoms with Gasteiger partial charge in [0.1, 0.15) is 0 Å². The van der Waals surface area contributed by atoms with Crippen molar-refractivity contribution in [2.45, 2.75) is 45.1 Å². The molecule has 0 saturated carbocycles. The Morgan fingerprint density at radius 1 is 1.30 bits per heavy atom. The number of aliphatic hydroxyl groups excluding tert-OH is 2. The van der Waals surface area contributed by atoms with Crippen LogP contribution < -0.4 is 0 Å². The van der Waals surface area contributed by atoms with Crippen LogP contribution >= 0.6 is 0 Å². The van der Waals surface area contributed by atoms with Crippen molar-refractivity contribution in [3.8, 4) is 0 Å². The van der Waals surface area contributed by atoms with E-state index in [-0.39, 0.29) is 15.6 Å². The van der Waals surface area contributed by atoms with Crippen molar-refractivity contribution in [3.05, 3.63) is 0 Å². The van der Waals surface area contributed by atoms with Crippen molar-refractivity contribution < 1.29 is 13.1 Å². The molecule has 0 saturated heterocycles. The molecule has 0 spiro atoms. The molecule has 0 aliphatic rings. The first kappa shape index (κ1) is 9.92. The first-order valence-electron chi connectivity index (χ1n) is 4.10. The SMILES string of the molecule is CCC(O)CCCCCO.[HH].[HH]. The van der Waals surface area contributed by atoms with Gasteiger partial charge in [-0.1, -0.05) is 19.8 Å². The number of hydrogen-bond acceptors (Lipinski definition) is 2. The molecule has 2 heteroatoms. The Bertz CT molecular complexity index is 72.1. The van der Waals surface area contributed by atoms with Gasteiger partial charge in [0, 0.05) is 9.46 Å². The molecular formula is C8H22O2. The van der Waals surface area contributed by atoms with Gasteiger partial charge in [0.05, 0.1) is 6.10 Å². The van der Waals surface area contributed by atoms with E-state index in [0.717, 1.165) is 32.1 Å². The topological polar surface area (TPSA) is 40.5 Å². The van der Waals surface area contributed by atoms with E-state index in [0.29, 0.717) is 0 Å². The highest BCUT2D eigenvalue weighted by Crippen LogP contribution is 2.04. The summed E-state index contributed by atoms with van der Waals surface area (Å²) in [4.78, 5) is 0. The lowest BCUT2D eigenvalue weighted by Gasteiger charge is -2.05. The Labute approximate surface area is 65.9 Å². The average Bonchev–Trinajstić information content (AvgIpc) is 1.98. The van der Waals surface area contributed by atoms with E-state index in [4.69, 9.17) is 10.2 Å². The van der Waals surface area contributed by atoms with Crippen LogP contribution in [-0.4, -0.2) is 22.9 Å². The smallest absolute Gasteiger partial charge is 0.0537 e. The molecule has 0 aromatic heterocycles. The normalized spacial score (nSPS) is 13.5. The maximum absolute atomic E-state index is 9.09. The molecule has 0 aliphatic heterocycles. The van der Waals surface area contributed by atoms with Crippen LogP contribution in [0.1, 0.15) is 41.9 Å². The minimum atomic E-state index is -0.126. The second kappa shape index (κ2) is 7.03. The third-order valence-electron chi connectivity index (χ3n) is 1.67. The van der Waals surface area contributed by atoms with Gasteiger partial charge in [0.25, 0.3) is 0 Å². The van der Waals surface area contributed by atoms with Gasteiger partial charge < -0.3 is 10.2 Å². The minimum absolute atomic E-state index is 0. The molecule has 1 unspecified atom stereocenters. The standard InChI is InChI=1S/C8H18O2.2H2/c1-2-8(10)6-4-3-5-7-9;;/h8-10H,2-7H2,1H3;2*1H. The Morgan fingerprint density at radius 3 is 2.50 bits per heavy atom. The second-order valence-corrected chi connectivity index (χ2v) is 2.64. The van der Waals surface area contributed by atoms with Crippen LogP contribution in [0.3, 0.4) is 0 Å². The fourth-order valence-electron chi connectivity index (χ4n) is 0.873. The van der Waals surface area contributed by atoms with Crippen molar-refractivity contribution in [1.82, 2.24) is 0 Å². The summed E-state index contributed by atoms with van der Waals surface area (Å²) in [5.41, 5.74) is 0. The summed E-state index contributed by atoms with van der Waals surface area (Å²) in [7, 11) is 0. The molecular weight excluding hydrogens is 128 g/mol. The molecule has 0 aromatic rings. The fraction of sp³-hybridized carbons (Fsp3) is 1.00. The largest absolute Gasteiger partial charge is 0.396 e. The van der Waals surface area contributed by atoms with Crippen molar-refractivity contribution in [2.24, 2.45) is 0 Å². The third-order valence-corrected chi connectivity index (χ3v) is 1.67. The molecule has 0 fully saturated rings. The number of unbranched alkanes of at least 4 members (excludes halogenated alkanes) is 2. The Hall–Kier alpha value is -0.0800. The lowest BCUT2D eigenvalue weighted by atomic mass is 10.1.